The van der Waals surface area contributed by atoms with Crippen LogP contribution in [-0.2, 0) is 9.47 Å². The minimum absolute atomic E-state index is 0.00829. The lowest BCUT2D eigenvalue weighted by Gasteiger charge is -2.18. The fraction of sp³-hybridized carbons (Fsp3) is 0.500. The van der Waals surface area contributed by atoms with Crippen molar-refractivity contribution in [3.05, 3.63) is 35.9 Å². The highest BCUT2D eigenvalue weighted by Gasteiger charge is 2.17. The van der Waals surface area contributed by atoms with Crippen LogP contribution >= 0.6 is 0 Å². The van der Waals surface area contributed by atoms with Crippen LogP contribution in [0.4, 0.5) is 0 Å². The Bertz CT molecular complexity index is 335. The van der Waals surface area contributed by atoms with Crippen molar-refractivity contribution < 1.29 is 14.3 Å². The van der Waals surface area contributed by atoms with Gasteiger partial charge in [0.2, 0.25) is 0 Å². The molecule has 0 saturated carbocycles. The smallest absolute Gasteiger partial charge is 0.191 e. The van der Waals surface area contributed by atoms with Crippen LogP contribution in [0.15, 0.2) is 30.3 Å². The first-order valence-corrected chi connectivity index (χ1v) is 5.97. The van der Waals surface area contributed by atoms with Gasteiger partial charge in [-0.1, -0.05) is 30.3 Å². The molecule has 0 saturated heterocycles. The number of hydrogen-bond acceptors (Lipinski definition) is 3. The largest absolute Gasteiger partial charge is 0.379 e. The molecule has 94 valence electrons. The Morgan fingerprint density at radius 1 is 1.24 bits per heavy atom. The first-order valence-electron chi connectivity index (χ1n) is 5.97. The van der Waals surface area contributed by atoms with Crippen molar-refractivity contribution in [2.75, 3.05) is 13.2 Å². The number of carbonyl (C=O) groups excluding carboxylic acids is 1. The van der Waals surface area contributed by atoms with Crippen molar-refractivity contribution in [1.82, 2.24) is 0 Å². The number of ether oxygens (including phenoxy) is 2. The summed E-state index contributed by atoms with van der Waals surface area (Å²) in [4.78, 5) is 12.0. The number of carbonyl (C=O) groups is 1. The highest BCUT2D eigenvalue weighted by Crippen LogP contribution is 2.08. The Kier molecular flexibility index (Phi) is 5.87. The summed E-state index contributed by atoms with van der Waals surface area (Å²) >= 11 is 0. The summed E-state index contributed by atoms with van der Waals surface area (Å²) in [6, 6.07) is 9.19. The first-order chi connectivity index (χ1) is 8.15. The number of Topliss-reactive ketones (excluding diaryl/α,β-unsaturated/α-hetero) is 1. The summed E-state index contributed by atoms with van der Waals surface area (Å²) < 4.78 is 10.8. The molecule has 3 nitrogen and oxygen atoms in total. The second-order valence-electron chi connectivity index (χ2n) is 3.98. The average molecular weight is 236 g/mol. The van der Waals surface area contributed by atoms with Crippen LogP contribution < -0.4 is 0 Å². The Morgan fingerprint density at radius 2 is 1.88 bits per heavy atom. The van der Waals surface area contributed by atoms with Gasteiger partial charge in [0.15, 0.2) is 5.78 Å². The molecule has 0 aliphatic heterocycles. The van der Waals surface area contributed by atoms with Gasteiger partial charge >= 0.3 is 0 Å². The van der Waals surface area contributed by atoms with Gasteiger partial charge in [0.05, 0.1) is 12.7 Å². The third-order valence-corrected chi connectivity index (χ3v) is 2.42. The van der Waals surface area contributed by atoms with E-state index in [4.69, 9.17) is 9.47 Å². The first kappa shape index (κ1) is 13.9. The molecule has 0 N–H and O–H groups in total. The lowest BCUT2D eigenvalue weighted by atomic mass is 10.1. The van der Waals surface area contributed by atoms with Crippen LogP contribution in [0.25, 0.3) is 0 Å². The summed E-state index contributed by atoms with van der Waals surface area (Å²) in [5.74, 6) is 0.00829. The van der Waals surface area contributed by atoms with E-state index in [2.05, 4.69) is 0 Å². The van der Waals surface area contributed by atoms with Gasteiger partial charge in [0, 0.05) is 12.2 Å². The van der Waals surface area contributed by atoms with Crippen molar-refractivity contribution in [2.24, 2.45) is 0 Å². The summed E-state index contributed by atoms with van der Waals surface area (Å²) in [6.07, 6.45) is -0.509. The molecule has 0 aromatic heterocycles. The van der Waals surface area contributed by atoms with Crippen LogP contribution in [0.3, 0.4) is 0 Å². The molecule has 0 bridgehead atoms. The molecule has 0 radical (unpaired) electrons. The molecule has 0 amide bonds. The molecule has 0 spiro atoms. The topological polar surface area (TPSA) is 35.5 Å². The molecule has 0 heterocycles. The fourth-order valence-corrected chi connectivity index (χ4v) is 1.57. The molecule has 0 aliphatic rings. The van der Waals surface area contributed by atoms with Crippen molar-refractivity contribution in [2.45, 2.75) is 33.0 Å². The van der Waals surface area contributed by atoms with Gasteiger partial charge in [-0.15, -0.1) is 0 Å². The van der Waals surface area contributed by atoms with Crippen LogP contribution in [0.5, 0.6) is 0 Å². The maximum atomic E-state index is 12.0. The molecule has 2 unspecified atom stereocenters. The van der Waals surface area contributed by atoms with Gasteiger partial charge in [-0.3, -0.25) is 4.79 Å². The molecule has 2 atom stereocenters. The Morgan fingerprint density at radius 3 is 2.47 bits per heavy atom. The third kappa shape index (κ3) is 4.67. The van der Waals surface area contributed by atoms with Crippen LogP contribution in [0, 0.1) is 0 Å². The van der Waals surface area contributed by atoms with E-state index in [0.717, 1.165) is 0 Å². The van der Waals surface area contributed by atoms with Gasteiger partial charge in [-0.05, 0) is 20.8 Å². The minimum Gasteiger partial charge on any atom is -0.379 e. The van der Waals surface area contributed by atoms with Gasteiger partial charge in [0.25, 0.3) is 0 Å². The molecular weight excluding hydrogens is 216 g/mol. The number of rotatable bonds is 7. The third-order valence-electron chi connectivity index (χ3n) is 2.42. The summed E-state index contributed by atoms with van der Waals surface area (Å²) in [6.45, 7) is 6.80. The van der Waals surface area contributed by atoms with Gasteiger partial charge in [-0.2, -0.15) is 0 Å². The van der Waals surface area contributed by atoms with Crippen molar-refractivity contribution >= 4 is 5.78 Å². The molecule has 1 aromatic carbocycles. The zero-order chi connectivity index (χ0) is 12.7. The van der Waals surface area contributed by atoms with Gasteiger partial charge in [0.1, 0.15) is 6.10 Å². The normalized spacial score (nSPS) is 14.3. The van der Waals surface area contributed by atoms with E-state index in [-0.39, 0.29) is 11.9 Å². The molecule has 3 heteroatoms. The highest BCUT2D eigenvalue weighted by molar-refractivity contribution is 5.99. The lowest BCUT2D eigenvalue weighted by Crippen LogP contribution is -2.28. The maximum absolute atomic E-state index is 12.0. The van der Waals surface area contributed by atoms with Crippen molar-refractivity contribution in [3.8, 4) is 0 Å². The van der Waals surface area contributed by atoms with E-state index in [1.807, 2.05) is 32.0 Å². The Hall–Kier alpha value is -1.19. The van der Waals surface area contributed by atoms with E-state index in [1.165, 1.54) is 0 Å². The number of ketones is 1. The Labute approximate surface area is 103 Å². The predicted octanol–water partition coefficient (Wildman–Crippen LogP) is 2.70. The standard InChI is InChI=1S/C14H20O3/c1-4-16-10-11(2)17-12(3)14(15)13-8-6-5-7-9-13/h5-9,11-12H,4,10H2,1-3H3. The van der Waals surface area contributed by atoms with Crippen molar-refractivity contribution in [1.29, 1.82) is 0 Å². The maximum Gasteiger partial charge on any atom is 0.191 e. The molecule has 17 heavy (non-hydrogen) atoms. The quantitative estimate of drug-likeness (QED) is 0.683. The number of hydrogen-bond donors (Lipinski definition) is 0. The zero-order valence-corrected chi connectivity index (χ0v) is 10.7. The molecule has 0 aliphatic carbocycles. The predicted molar refractivity (Wildman–Crippen MR) is 67.3 cm³/mol. The minimum atomic E-state index is -0.437. The summed E-state index contributed by atoms with van der Waals surface area (Å²) in [5, 5.41) is 0. The van der Waals surface area contributed by atoms with Gasteiger partial charge in [-0.25, -0.2) is 0 Å². The van der Waals surface area contributed by atoms with E-state index < -0.39 is 6.10 Å². The second-order valence-corrected chi connectivity index (χ2v) is 3.98. The average Bonchev–Trinajstić information content (AvgIpc) is 2.36. The van der Waals surface area contributed by atoms with Crippen LogP contribution in [-0.4, -0.2) is 31.2 Å². The lowest BCUT2D eigenvalue weighted by molar-refractivity contribution is -0.0296. The number of benzene rings is 1. The SMILES string of the molecule is CCOCC(C)OC(C)C(=O)c1ccccc1. The zero-order valence-electron chi connectivity index (χ0n) is 10.7. The van der Waals surface area contributed by atoms with Crippen LogP contribution in [0.1, 0.15) is 31.1 Å². The fourth-order valence-electron chi connectivity index (χ4n) is 1.57. The summed E-state index contributed by atoms with van der Waals surface area (Å²) in [5.41, 5.74) is 0.684. The highest BCUT2D eigenvalue weighted by atomic mass is 16.5. The molecule has 0 fully saturated rings. The van der Waals surface area contributed by atoms with Crippen LogP contribution in [0.2, 0.25) is 0 Å². The second kappa shape index (κ2) is 7.20. The van der Waals surface area contributed by atoms with E-state index >= 15 is 0 Å². The van der Waals surface area contributed by atoms with Crippen molar-refractivity contribution in [3.63, 3.8) is 0 Å². The van der Waals surface area contributed by atoms with Gasteiger partial charge < -0.3 is 9.47 Å². The summed E-state index contributed by atoms with van der Waals surface area (Å²) in [7, 11) is 0. The molecule has 1 rings (SSSR count). The Balaban J connectivity index is 2.47. The monoisotopic (exact) mass is 236 g/mol. The molecular formula is C14H20O3. The van der Waals surface area contributed by atoms with E-state index in [9.17, 15) is 4.79 Å². The van der Waals surface area contributed by atoms with E-state index in [0.29, 0.717) is 18.8 Å². The van der Waals surface area contributed by atoms with E-state index in [1.54, 1.807) is 19.1 Å². The molecule has 1 aromatic rings.